The molecule has 0 aliphatic carbocycles. The molecule has 0 spiro atoms. The lowest BCUT2D eigenvalue weighted by Gasteiger charge is -2.39. The van der Waals surface area contributed by atoms with E-state index in [-0.39, 0.29) is 0 Å². The topological polar surface area (TPSA) is 26.3 Å². The second-order valence-corrected chi connectivity index (χ2v) is 6.92. The Labute approximate surface area is 163 Å². The van der Waals surface area contributed by atoms with E-state index in [1.54, 1.807) is 0 Å². The van der Waals surface area contributed by atoms with E-state index in [2.05, 4.69) is 4.74 Å². The summed E-state index contributed by atoms with van der Waals surface area (Å²) in [5.74, 6) is -41.4. The Morgan fingerprint density at radius 2 is 1.00 bits per heavy atom. The van der Waals surface area contributed by atoms with Crippen LogP contribution in [0.3, 0.4) is 0 Å². The number of hydrogen-bond donors (Lipinski definition) is 0. The average Bonchev–Trinajstić information content (AvgIpc) is 2.48. The second-order valence-electron chi connectivity index (χ2n) is 6.92. The molecule has 0 fully saturated rings. The number of ether oxygens (including phenoxy) is 1. The van der Waals surface area contributed by atoms with Crippen LogP contribution in [0.5, 0.6) is 0 Å². The van der Waals surface area contributed by atoms with Gasteiger partial charge in [-0.3, -0.25) is 0 Å². The van der Waals surface area contributed by atoms with Gasteiger partial charge in [-0.1, -0.05) is 0 Å². The van der Waals surface area contributed by atoms with Gasteiger partial charge in [-0.2, -0.15) is 65.9 Å². The number of halogens is 15. The summed E-state index contributed by atoms with van der Waals surface area (Å²) in [6, 6.07) is 0. The molecule has 0 aliphatic heterocycles. The summed E-state index contributed by atoms with van der Waals surface area (Å²) in [4.78, 5) is 11.4. The van der Waals surface area contributed by atoms with Crippen molar-refractivity contribution in [2.24, 2.45) is 0 Å². The van der Waals surface area contributed by atoms with Crippen molar-refractivity contribution in [2.75, 3.05) is 0 Å². The number of alkyl halides is 13. The van der Waals surface area contributed by atoms with Crippen LogP contribution in [0.25, 0.3) is 0 Å². The van der Waals surface area contributed by atoms with Crippen molar-refractivity contribution in [3.05, 3.63) is 11.7 Å². The van der Waals surface area contributed by atoms with E-state index in [1.165, 1.54) is 0 Å². The predicted octanol–water partition coefficient (Wildman–Crippen LogP) is 6.61. The number of carbonyl (C=O) groups excluding carboxylic acids is 1. The van der Waals surface area contributed by atoms with E-state index in [4.69, 9.17) is 0 Å². The van der Waals surface area contributed by atoms with Crippen LogP contribution in [0.4, 0.5) is 65.9 Å². The molecule has 31 heavy (non-hydrogen) atoms. The molecular weight excluding hydrogens is 485 g/mol. The zero-order valence-electron chi connectivity index (χ0n) is 15.2. The molecule has 17 heteroatoms. The molecule has 0 radical (unpaired) electrons. The first-order valence-electron chi connectivity index (χ1n) is 7.40. The molecule has 0 bridgehead atoms. The standard InChI is InChI=1S/C14H11F15O2/c1-8(2,3)31-7(30)5(6(15)16)4-9(17,18)10(19,20)11(21,22)12(23,24)13(25,26)14(27,28)29/h4H2,1-3H3. The monoisotopic (exact) mass is 496 g/mol. The van der Waals surface area contributed by atoms with Crippen molar-refractivity contribution in [1.29, 1.82) is 0 Å². The smallest absolute Gasteiger partial charge is 0.456 e. The van der Waals surface area contributed by atoms with Gasteiger partial charge in [0.05, 0.1) is 6.42 Å². The largest absolute Gasteiger partial charge is 0.460 e. The summed E-state index contributed by atoms with van der Waals surface area (Å²) in [6.07, 6.45) is -14.6. The minimum absolute atomic E-state index is 0.944. The van der Waals surface area contributed by atoms with E-state index < -0.39 is 65.4 Å². The Bertz CT molecular complexity index is 708. The lowest BCUT2D eigenvalue weighted by Crippen LogP contribution is -2.70. The van der Waals surface area contributed by atoms with E-state index in [9.17, 15) is 70.7 Å². The fraction of sp³-hybridized carbons (Fsp3) is 0.786. The third-order valence-electron chi connectivity index (χ3n) is 3.27. The summed E-state index contributed by atoms with van der Waals surface area (Å²) in [5, 5.41) is 0. The molecule has 0 atom stereocenters. The fourth-order valence-electron chi connectivity index (χ4n) is 1.69. The van der Waals surface area contributed by atoms with Gasteiger partial charge in [-0.15, -0.1) is 0 Å². The predicted molar refractivity (Wildman–Crippen MR) is 70.5 cm³/mol. The normalized spacial score (nSPS) is 15.0. The summed E-state index contributed by atoms with van der Waals surface area (Å²) < 4.78 is 198. The Morgan fingerprint density at radius 3 is 1.29 bits per heavy atom. The van der Waals surface area contributed by atoms with E-state index >= 15 is 0 Å². The van der Waals surface area contributed by atoms with Crippen LogP contribution < -0.4 is 0 Å². The van der Waals surface area contributed by atoms with Crippen LogP contribution in [0.15, 0.2) is 11.7 Å². The van der Waals surface area contributed by atoms with E-state index in [0.29, 0.717) is 0 Å². The quantitative estimate of drug-likeness (QED) is 0.225. The molecule has 184 valence electrons. The zero-order valence-corrected chi connectivity index (χ0v) is 15.2. The Balaban J connectivity index is 6.40. The van der Waals surface area contributed by atoms with Crippen LogP contribution in [-0.4, -0.2) is 47.4 Å². The molecule has 0 aromatic carbocycles. The third-order valence-corrected chi connectivity index (χ3v) is 3.27. The Hall–Kier alpha value is -1.84. The van der Waals surface area contributed by atoms with Crippen molar-refractivity contribution in [1.82, 2.24) is 0 Å². The summed E-state index contributed by atoms with van der Waals surface area (Å²) in [7, 11) is 0. The summed E-state index contributed by atoms with van der Waals surface area (Å²) >= 11 is 0. The number of hydrogen-bond acceptors (Lipinski definition) is 2. The van der Waals surface area contributed by atoms with Gasteiger partial charge in [0, 0.05) is 0 Å². The fourth-order valence-corrected chi connectivity index (χ4v) is 1.69. The molecule has 0 saturated heterocycles. The van der Waals surface area contributed by atoms with Gasteiger partial charge in [-0.05, 0) is 20.8 Å². The summed E-state index contributed by atoms with van der Waals surface area (Å²) in [5.41, 5.74) is -4.48. The average molecular weight is 496 g/mol. The zero-order chi connectivity index (χ0) is 25.6. The Morgan fingerprint density at radius 1 is 0.645 bits per heavy atom. The van der Waals surface area contributed by atoms with Crippen molar-refractivity contribution in [2.45, 2.75) is 68.6 Å². The molecule has 0 amide bonds. The molecule has 0 unspecified atom stereocenters. The van der Waals surface area contributed by atoms with Gasteiger partial charge in [-0.25, -0.2) is 4.79 Å². The van der Waals surface area contributed by atoms with Crippen molar-refractivity contribution in [3.63, 3.8) is 0 Å². The molecule has 0 N–H and O–H groups in total. The van der Waals surface area contributed by atoms with Crippen LogP contribution >= 0.6 is 0 Å². The van der Waals surface area contributed by atoms with Gasteiger partial charge >= 0.3 is 41.8 Å². The van der Waals surface area contributed by atoms with Gasteiger partial charge in [0.25, 0.3) is 6.08 Å². The first-order chi connectivity index (χ1) is 13.2. The maximum atomic E-state index is 13.7. The highest BCUT2D eigenvalue weighted by atomic mass is 19.4. The molecule has 0 aromatic rings. The second kappa shape index (κ2) is 7.94. The summed E-state index contributed by atoms with van der Waals surface area (Å²) in [6.45, 7) is 2.83. The van der Waals surface area contributed by atoms with Gasteiger partial charge in [0.15, 0.2) is 0 Å². The maximum Gasteiger partial charge on any atom is 0.460 e. The molecule has 2 nitrogen and oxygen atoms in total. The highest BCUT2D eigenvalue weighted by Gasteiger charge is 2.90. The van der Waals surface area contributed by atoms with Crippen LogP contribution in [-0.2, 0) is 9.53 Å². The number of carbonyl (C=O) groups is 1. The highest BCUT2D eigenvalue weighted by Crippen LogP contribution is 2.61. The first kappa shape index (κ1) is 29.2. The third kappa shape index (κ3) is 5.15. The molecule has 0 saturated carbocycles. The SMILES string of the molecule is CC(C)(C)OC(=O)C(CC(F)(F)C(F)(F)C(F)(F)C(F)(F)C(F)(F)C(F)(F)F)=C(F)F. The van der Waals surface area contributed by atoms with Crippen LogP contribution in [0, 0.1) is 0 Å². The van der Waals surface area contributed by atoms with Crippen LogP contribution in [0.1, 0.15) is 27.2 Å². The van der Waals surface area contributed by atoms with Crippen LogP contribution in [0.2, 0.25) is 0 Å². The minimum Gasteiger partial charge on any atom is -0.456 e. The molecular formula is C14H11F15O2. The highest BCUT2D eigenvalue weighted by molar-refractivity contribution is 5.89. The molecule has 0 aliphatic rings. The lowest BCUT2D eigenvalue weighted by molar-refractivity contribution is -0.439. The van der Waals surface area contributed by atoms with Crippen molar-refractivity contribution < 1.29 is 75.4 Å². The molecule has 0 aromatic heterocycles. The molecule has 0 rings (SSSR count). The Kier molecular flexibility index (Phi) is 7.47. The van der Waals surface area contributed by atoms with E-state index in [1.807, 2.05) is 0 Å². The first-order valence-corrected chi connectivity index (χ1v) is 7.40. The van der Waals surface area contributed by atoms with Gasteiger partial charge < -0.3 is 4.74 Å². The maximum absolute atomic E-state index is 13.7. The van der Waals surface area contributed by atoms with Crippen molar-refractivity contribution in [3.8, 4) is 0 Å². The van der Waals surface area contributed by atoms with Crippen molar-refractivity contribution >= 4 is 5.97 Å². The number of rotatable bonds is 7. The minimum atomic E-state index is -8.17. The molecule has 0 heterocycles. The van der Waals surface area contributed by atoms with Gasteiger partial charge in [0.1, 0.15) is 11.2 Å². The lowest BCUT2D eigenvalue weighted by atomic mass is 9.91. The number of esters is 1. The van der Waals surface area contributed by atoms with E-state index in [0.717, 1.165) is 20.8 Å². The van der Waals surface area contributed by atoms with Gasteiger partial charge in [0.2, 0.25) is 0 Å².